The molecule has 0 fully saturated rings. The molecule has 1 aromatic carbocycles. The highest BCUT2D eigenvalue weighted by molar-refractivity contribution is 14.1. The Labute approximate surface area is 119 Å². The summed E-state index contributed by atoms with van der Waals surface area (Å²) in [4.78, 5) is 4.34. The predicted molar refractivity (Wildman–Crippen MR) is 77.1 cm³/mol. The minimum absolute atomic E-state index is 0.471. The number of halogens is 1. The number of rotatable bonds is 5. The number of anilines is 1. The maximum Gasteiger partial charge on any atom is 0.260 e. The van der Waals surface area contributed by atoms with Gasteiger partial charge in [-0.25, -0.2) is 0 Å². The lowest BCUT2D eigenvalue weighted by Crippen LogP contribution is -1.95. The van der Waals surface area contributed by atoms with Crippen molar-refractivity contribution in [2.75, 3.05) is 19.5 Å². The number of aromatic nitrogens is 2. The van der Waals surface area contributed by atoms with E-state index in [0.717, 1.165) is 22.0 Å². The Morgan fingerprint density at radius 2 is 2.28 bits per heavy atom. The summed E-state index contributed by atoms with van der Waals surface area (Å²) < 4.78 is 11.3. The van der Waals surface area contributed by atoms with Crippen molar-refractivity contribution in [3.05, 3.63) is 27.6 Å². The van der Waals surface area contributed by atoms with Crippen molar-refractivity contribution in [2.24, 2.45) is 0 Å². The van der Waals surface area contributed by atoms with E-state index in [1.165, 1.54) is 0 Å². The summed E-state index contributed by atoms with van der Waals surface area (Å²) in [6.07, 6.45) is 1.61. The van der Waals surface area contributed by atoms with Crippen LogP contribution in [0.15, 0.2) is 22.7 Å². The van der Waals surface area contributed by atoms with Gasteiger partial charge in [-0.05, 0) is 47.2 Å². The summed E-state index contributed by atoms with van der Waals surface area (Å²) in [5, 5.41) is 3.94. The summed E-state index contributed by atoms with van der Waals surface area (Å²) in [7, 11) is 1.67. The van der Waals surface area contributed by atoms with Gasteiger partial charge in [0.1, 0.15) is 0 Å². The number of benzene rings is 1. The van der Waals surface area contributed by atoms with Crippen LogP contribution in [0.3, 0.4) is 0 Å². The largest absolute Gasteiger partial charge is 0.398 e. The second-order valence-electron chi connectivity index (χ2n) is 3.84. The molecule has 1 aromatic heterocycles. The van der Waals surface area contributed by atoms with E-state index in [0.29, 0.717) is 24.0 Å². The Morgan fingerprint density at radius 3 is 3.06 bits per heavy atom. The fourth-order valence-corrected chi connectivity index (χ4v) is 2.04. The monoisotopic (exact) mass is 359 g/mol. The Kier molecular flexibility index (Phi) is 4.54. The number of ether oxygens (including phenoxy) is 1. The van der Waals surface area contributed by atoms with Crippen molar-refractivity contribution in [1.29, 1.82) is 0 Å². The first-order valence-corrected chi connectivity index (χ1v) is 6.65. The van der Waals surface area contributed by atoms with E-state index >= 15 is 0 Å². The van der Waals surface area contributed by atoms with Gasteiger partial charge in [0.2, 0.25) is 0 Å². The zero-order valence-corrected chi connectivity index (χ0v) is 12.2. The molecule has 18 heavy (non-hydrogen) atoms. The SMILES string of the molecule is COCCCc1noc(-c2cc(I)ccc2N)n1. The Morgan fingerprint density at radius 1 is 1.44 bits per heavy atom. The molecule has 0 saturated heterocycles. The van der Waals surface area contributed by atoms with Crippen molar-refractivity contribution in [2.45, 2.75) is 12.8 Å². The Hall–Kier alpha value is -1.15. The van der Waals surface area contributed by atoms with Crippen molar-refractivity contribution in [3.8, 4) is 11.5 Å². The maximum atomic E-state index is 5.90. The van der Waals surface area contributed by atoms with Gasteiger partial charge in [0.15, 0.2) is 5.82 Å². The third-order valence-electron chi connectivity index (χ3n) is 2.46. The highest BCUT2D eigenvalue weighted by atomic mass is 127. The van der Waals surface area contributed by atoms with Gasteiger partial charge < -0.3 is 15.0 Å². The van der Waals surface area contributed by atoms with Crippen LogP contribution in [0, 0.1) is 3.57 Å². The average molecular weight is 359 g/mol. The van der Waals surface area contributed by atoms with Crippen LogP contribution in [-0.2, 0) is 11.2 Å². The molecule has 0 spiro atoms. The molecule has 0 saturated carbocycles. The zero-order chi connectivity index (χ0) is 13.0. The fourth-order valence-electron chi connectivity index (χ4n) is 1.55. The van der Waals surface area contributed by atoms with Crippen LogP contribution < -0.4 is 5.73 Å². The molecule has 0 bridgehead atoms. The molecule has 0 amide bonds. The summed E-state index contributed by atoms with van der Waals surface area (Å²) in [6, 6.07) is 5.71. The van der Waals surface area contributed by atoms with E-state index in [1.54, 1.807) is 7.11 Å². The first kappa shape index (κ1) is 13.3. The smallest absolute Gasteiger partial charge is 0.260 e. The summed E-state index contributed by atoms with van der Waals surface area (Å²) in [5.41, 5.74) is 7.33. The summed E-state index contributed by atoms with van der Waals surface area (Å²) in [5.74, 6) is 1.15. The van der Waals surface area contributed by atoms with Gasteiger partial charge in [0.05, 0.1) is 5.56 Å². The molecule has 6 heteroatoms. The van der Waals surface area contributed by atoms with E-state index in [4.69, 9.17) is 15.0 Å². The van der Waals surface area contributed by atoms with Crippen LogP contribution in [0.25, 0.3) is 11.5 Å². The first-order chi connectivity index (χ1) is 8.70. The molecule has 0 aliphatic rings. The Bertz CT molecular complexity index is 528. The van der Waals surface area contributed by atoms with Gasteiger partial charge >= 0.3 is 0 Å². The maximum absolute atomic E-state index is 5.90. The van der Waals surface area contributed by atoms with Crippen LogP contribution in [0.1, 0.15) is 12.2 Å². The van der Waals surface area contributed by atoms with Gasteiger partial charge in [0, 0.05) is 29.4 Å². The number of nitrogens with two attached hydrogens (primary N) is 1. The van der Waals surface area contributed by atoms with Crippen LogP contribution in [0.2, 0.25) is 0 Å². The number of nitrogens with zero attached hydrogens (tertiary/aromatic N) is 2. The number of methoxy groups -OCH3 is 1. The molecular weight excluding hydrogens is 345 g/mol. The van der Waals surface area contributed by atoms with Crippen LogP contribution in [0.4, 0.5) is 5.69 Å². The zero-order valence-electron chi connectivity index (χ0n) is 10.0. The fraction of sp³-hybridized carbons (Fsp3) is 0.333. The molecule has 96 valence electrons. The molecule has 0 aliphatic heterocycles. The van der Waals surface area contributed by atoms with E-state index in [1.807, 2.05) is 18.2 Å². The van der Waals surface area contributed by atoms with Crippen molar-refractivity contribution in [1.82, 2.24) is 10.1 Å². The number of hydrogen-bond donors (Lipinski definition) is 1. The van der Waals surface area contributed by atoms with E-state index < -0.39 is 0 Å². The van der Waals surface area contributed by atoms with E-state index in [-0.39, 0.29) is 0 Å². The topological polar surface area (TPSA) is 74.2 Å². The van der Waals surface area contributed by atoms with Crippen LogP contribution in [0.5, 0.6) is 0 Å². The van der Waals surface area contributed by atoms with E-state index in [2.05, 4.69) is 32.7 Å². The number of nitrogen functional groups attached to an aromatic ring is 1. The third kappa shape index (κ3) is 3.20. The standard InChI is InChI=1S/C12H14IN3O2/c1-17-6-2-3-11-15-12(18-16-11)9-7-8(13)4-5-10(9)14/h4-5,7H,2-3,6,14H2,1H3. The lowest BCUT2D eigenvalue weighted by atomic mass is 10.2. The average Bonchev–Trinajstić information content (AvgIpc) is 2.81. The molecular formula is C12H14IN3O2. The Balaban J connectivity index is 2.16. The van der Waals surface area contributed by atoms with Crippen molar-refractivity contribution >= 4 is 28.3 Å². The third-order valence-corrected chi connectivity index (χ3v) is 3.13. The molecule has 2 rings (SSSR count). The number of hydrogen-bond acceptors (Lipinski definition) is 5. The van der Waals surface area contributed by atoms with Crippen molar-refractivity contribution in [3.63, 3.8) is 0 Å². The number of aryl methyl sites for hydroxylation is 1. The van der Waals surface area contributed by atoms with Crippen LogP contribution >= 0.6 is 22.6 Å². The van der Waals surface area contributed by atoms with Gasteiger partial charge in [-0.2, -0.15) is 4.98 Å². The van der Waals surface area contributed by atoms with Gasteiger partial charge in [-0.3, -0.25) is 0 Å². The summed E-state index contributed by atoms with van der Waals surface area (Å²) >= 11 is 2.22. The minimum atomic E-state index is 0.471. The lowest BCUT2D eigenvalue weighted by Gasteiger charge is -2.00. The molecule has 5 nitrogen and oxygen atoms in total. The molecule has 0 atom stereocenters. The minimum Gasteiger partial charge on any atom is -0.398 e. The normalized spacial score (nSPS) is 10.8. The summed E-state index contributed by atoms with van der Waals surface area (Å²) in [6.45, 7) is 0.690. The highest BCUT2D eigenvalue weighted by Crippen LogP contribution is 2.26. The molecule has 2 aromatic rings. The molecule has 0 unspecified atom stereocenters. The van der Waals surface area contributed by atoms with Gasteiger partial charge in [-0.1, -0.05) is 5.16 Å². The van der Waals surface area contributed by atoms with Crippen molar-refractivity contribution < 1.29 is 9.26 Å². The van der Waals surface area contributed by atoms with Crippen LogP contribution in [-0.4, -0.2) is 23.9 Å². The molecule has 2 N–H and O–H groups in total. The van der Waals surface area contributed by atoms with Gasteiger partial charge in [0.25, 0.3) is 5.89 Å². The van der Waals surface area contributed by atoms with E-state index in [9.17, 15) is 0 Å². The second-order valence-corrected chi connectivity index (χ2v) is 5.09. The molecule has 0 aliphatic carbocycles. The highest BCUT2D eigenvalue weighted by Gasteiger charge is 2.11. The lowest BCUT2D eigenvalue weighted by molar-refractivity contribution is 0.194. The first-order valence-electron chi connectivity index (χ1n) is 5.57. The second kappa shape index (κ2) is 6.14. The predicted octanol–water partition coefficient (Wildman–Crippen LogP) is 2.50. The molecule has 0 radical (unpaired) electrons. The quantitative estimate of drug-likeness (QED) is 0.505. The molecule has 1 heterocycles. The van der Waals surface area contributed by atoms with Gasteiger partial charge in [-0.15, -0.1) is 0 Å².